The van der Waals surface area contributed by atoms with E-state index in [4.69, 9.17) is 5.26 Å². The zero-order chi connectivity index (χ0) is 11.4. The zero-order valence-corrected chi connectivity index (χ0v) is 10.6. The molecular weight excluding hydrogens is 284 g/mol. The number of hydrogen-bond acceptors (Lipinski definition) is 3. The molecule has 0 aliphatic rings. The lowest BCUT2D eigenvalue weighted by atomic mass is 10.4. The summed E-state index contributed by atoms with van der Waals surface area (Å²) < 4.78 is 1.06. The van der Waals surface area contributed by atoms with Gasteiger partial charge in [-0.3, -0.25) is 0 Å². The minimum absolute atomic E-state index is 0.441. The van der Waals surface area contributed by atoms with Crippen LogP contribution in [0.3, 0.4) is 0 Å². The van der Waals surface area contributed by atoms with Crippen molar-refractivity contribution in [3.63, 3.8) is 0 Å². The summed E-state index contributed by atoms with van der Waals surface area (Å²) in [5.74, 6) is 0. The summed E-state index contributed by atoms with van der Waals surface area (Å²) in [5.41, 5.74) is 0.441. The number of nitrogens with zero attached hydrogens (tertiary/aromatic N) is 2. The van der Waals surface area contributed by atoms with E-state index in [2.05, 4.69) is 20.9 Å². The summed E-state index contributed by atoms with van der Waals surface area (Å²) in [6.07, 6.45) is 1.71. The molecule has 0 amide bonds. The molecule has 78 valence electrons. The van der Waals surface area contributed by atoms with Gasteiger partial charge in [-0.15, -0.1) is 0 Å². The second kappa shape index (κ2) is 5.15. The van der Waals surface area contributed by atoms with Crippen LogP contribution in [0.25, 0.3) is 0 Å². The van der Waals surface area contributed by atoms with E-state index in [1.807, 2.05) is 36.4 Å². The lowest BCUT2D eigenvalue weighted by Gasteiger charge is -2.03. The molecule has 16 heavy (non-hydrogen) atoms. The highest BCUT2D eigenvalue weighted by molar-refractivity contribution is 9.10. The van der Waals surface area contributed by atoms with E-state index in [0.29, 0.717) is 5.69 Å². The Balaban J connectivity index is 2.22. The van der Waals surface area contributed by atoms with Crippen LogP contribution < -0.4 is 0 Å². The summed E-state index contributed by atoms with van der Waals surface area (Å²) in [6.45, 7) is 0. The van der Waals surface area contributed by atoms with Gasteiger partial charge in [0.05, 0.1) is 0 Å². The number of benzene rings is 1. The lowest BCUT2D eigenvalue weighted by molar-refractivity contribution is 1.19. The summed E-state index contributed by atoms with van der Waals surface area (Å²) >= 11 is 5.10. The molecule has 0 spiro atoms. The molecule has 2 aromatic rings. The number of hydrogen-bond donors (Lipinski definition) is 0. The van der Waals surface area contributed by atoms with Crippen LogP contribution in [0.2, 0.25) is 0 Å². The van der Waals surface area contributed by atoms with Crippen LogP contribution in [-0.4, -0.2) is 4.98 Å². The average molecular weight is 291 g/mol. The van der Waals surface area contributed by atoms with Crippen LogP contribution in [0.15, 0.2) is 56.9 Å². The van der Waals surface area contributed by atoms with Crippen LogP contribution in [0.5, 0.6) is 0 Å². The molecule has 0 atom stereocenters. The van der Waals surface area contributed by atoms with E-state index < -0.39 is 0 Å². The van der Waals surface area contributed by atoms with E-state index in [9.17, 15) is 0 Å². The first-order valence-corrected chi connectivity index (χ1v) is 6.19. The highest BCUT2D eigenvalue weighted by Crippen LogP contribution is 2.32. The highest BCUT2D eigenvalue weighted by Gasteiger charge is 2.01. The maximum absolute atomic E-state index is 8.64. The van der Waals surface area contributed by atoms with E-state index in [1.165, 1.54) is 0 Å². The molecular formula is C12H7BrN2S. The Morgan fingerprint density at radius 1 is 1.19 bits per heavy atom. The molecule has 0 bridgehead atoms. The van der Waals surface area contributed by atoms with Gasteiger partial charge in [0, 0.05) is 20.5 Å². The van der Waals surface area contributed by atoms with E-state index >= 15 is 0 Å². The Morgan fingerprint density at radius 2 is 2.00 bits per heavy atom. The van der Waals surface area contributed by atoms with Crippen molar-refractivity contribution in [1.29, 1.82) is 5.26 Å². The first kappa shape index (κ1) is 11.2. The summed E-state index contributed by atoms with van der Waals surface area (Å²) in [7, 11) is 0. The van der Waals surface area contributed by atoms with Gasteiger partial charge in [-0.25, -0.2) is 4.98 Å². The molecule has 0 radical (unpaired) electrons. The molecule has 0 fully saturated rings. The third-order valence-electron chi connectivity index (χ3n) is 1.92. The van der Waals surface area contributed by atoms with Crippen molar-refractivity contribution in [3.8, 4) is 6.07 Å². The molecule has 1 aromatic carbocycles. The molecule has 0 saturated carbocycles. The van der Waals surface area contributed by atoms with Crippen molar-refractivity contribution in [1.82, 2.24) is 4.98 Å². The maximum atomic E-state index is 8.64. The van der Waals surface area contributed by atoms with Crippen molar-refractivity contribution >= 4 is 27.7 Å². The topological polar surface area (TPSA) is 36.7 Å². The number of pyridine rings is 1. The monoisotopic (exact) mass is 290 g/mol. The number of rotatable bonds is 2. The van der Waals surface area contributed by atoms with E-state index in [-0.39, 0.29) is 0 Å². The number of halogens is 1. The standard InChI is InChI=1S/C12H7BrN2S/c13-11-3-1-2-4-12(11)16-10-6-5-9(7-14)15-8-10/h1-6,8H. The molecule has 0 aliphatic heterocycles. The smallest absolute Gasteiger partial charge is 0.140 e. The fourth-order valence-corrected chi connectivity index (χ4v) is 2.50. The molecule has 2 nitrogen and oxygen atoms in total. The molecule has 0 saturated heterocycles. The average Bonchev–Trinajstić information content (AvgIpc) is 2.33. The molecule has 0 N–H and O–H groups in total. The second-order valence-corrected chi connectivity index (χ2v) is 4.99. The van der Waals surface area contributed by atoms with Crippen molar-refractivity contribution < 1.29 is 0 Å². The van der Waals surface area contributed by atoms with E-state index in [1.54, 1.807) is 24.0 Å². The minimum Gasteiger partial charge on any atom is -0.244 e. The molecule has 0 aliphatic carbocycles. The summed E-state index contributed by atoms with van der Waals surface area (Å²) in [5, 5.41) is 8.64. The highest BCUT2D eigenvalue weighted by atomic mass is 79.9. The molecule has 1 aromatic heterocycles. The first-order chi connectivity index (χ1) is 7.79. The van der Waals surface area contributed by atoms with Gasteiger partial charge in [0.15, 0.2) is 0 Å². The Kier molecular flexibility index (Phi) is 3.60. The van der Waals surface area contributed by atoms with Gasteiger partial charge < -0.3 is 0 Å². The number of nitriles is 1. The summed E-state index contributed by atoms with van der Waals surface area (Å²) in [6, 6.07) is 13.6. The van der Waals surface area contributed by atoms with Crippen LogP contribution in [0, 0.1) is 11.3 Å². The fraction of sp³-hybridized carbons (Fsp3) is 0. The number of aromatic nitrogens is 1. The SMILES string of the molecule is N#Cc1ccc(Sc2ccccc2Br)cn1. The normalized spacial score (nSPS) is 9.75. The Labute approximate surface area is 106 Å². The van der Waals surface area contributed by atoms with Crippen molar-refractivity contribution in [2.45, 2.75) is 9.79 Å². The van der Waals surface area contributed by atoms with Crippen LogP contribution >= 0.6 is 27.7 Å². The van der Waals surface area contributed by atoms with Gasteiger partial charge in [-0.1, -0.05) is 23.9 Å². The van der Waals surface area contributed by atoms with E-state index in [0.717, 1.165) is 14.3 Å². The third-order valence-corrected chi connectivity index (χ3v) is 3.92. The molecule has 1 heterocycles. The van der Waals surface area contributed by atoms with Crippen LogP contribution in [0.1, 0.15) is 5.69 Å². The Bertz CT molecular complexity index is 531. The fourth-order valence-electron chi connectivity index (χ4n) is 1.16. The minimum atomic E-state index is 0.441. The van der Waals surface area contributed by atoms with Crippen molar-refractivity contribution in [2.24, 2.45) is 0 Å². The molecule has 4 heteroatoms. The Morgan fingerprint density at radius 3 is 2.62 bits per heavy atom. The van der Waals surface area contributed by atoms with Gasteiger partial charge in [0.2, 0.25) is 0 Å². The summed E-state index contributed by atoms with van der Waals surface area (Å²) in [4.78, 5) is 6.18. The van der Waals surface area contributed by atoms with Gasteiger partial charge in [0.1, 0.15) is 11.8 Å². The maximum Gasteiger partial charge on any atom is 0.140 e. The largest absolute Gasteiger partial charge is 0.244 e. The van der Waals surface area contributed by atoms with Crippen LogP contribution in [-0.2, 0) is 0 Å². The lowest BCUT2D eigenvalue weighted by Crippen LogP contribution is -1.82. The van der Waals surface area contributed by atoms with Gasteiger partial charge in [0.25, 0.3) is 0 Å². The van der Waals surface area contributed by atoms with Gasteiger partial charge in [-0.2, -0.15) is 5.26 Å². The zero-order valence-electron chi connectivity index (χ0n) is 8.22. The molecule has 0 unspecified atom stereocenters. The van der Waals surface area contributed by atoms with Gasteiger partial charge in [-0.05, 0) is 40.2 Å². The quantitative estimate of drug-likeness (QED) is 0.842. The second-order valence-electron chi connectivity index (χ2n) is 3.02. The Hall–Kier alpha value is -1.31. The first-order valence-electron chi connectivity index (χ1n) is 4.58. The third kappa shape index (κ3) is 2.63. The van der Waals surface area contributed by atoms with Crippen LogP contribution in [0.4, 0.5) is 0 Å². The predicted molar refractivity (Wildman–Crippen MR) is 67.2 cm³/mol. The van der Waals surface area contributed by atoms with Crippen molar-refractivity contribution in [2.75, 3.05) is 0 Å². The predicted octanol–water partition coefficient (Wildman–Crippen LogP) is 3.87. The van der Waals surface area contributed by atoms with Crippen molar-refractivity contribution in [3.05, 3.63) is 52.8 Å². The molecule has 2 rings (SSSR count). The van der Waals surface area contributed by atoms with Gasteiger partial charge >= 0.3 is 0 Å².